The van der Waals surface area contributed by atoms with Crippen LogP contribution in [0.2, 0.25) is 15.3 Å². The molecule has 1 aromatic carbocycles. The predicted octanol–water partition coefficient (Wildman–Crippen LogP) is 4.04. The first-order chi connectivity index (χ1) is 6.66. The molecular formula is C9H5Cl3N2. The molecule has 1 heterocycles. The van der Waals surface area contributed by atoms with Crippen LogP contribution in [0.1, 0.15) is 0 Å². The summed E-state index contributed by atoms with van der Waals surface area (Å²) < 4.78 is 0. The number of rotatable bonds is 1. The lowest BCUT2D eigenvalue weighted by atomic mass is 10.2. The highest BCUT2D eigenvalue weighted by Gasteiger charge is 2.06. The van der Waals surface area contributed by atoms with E-state index in [0.717, 1.165) is 11.3 Å². The first-order valence-electron chi connectivity index (χ1n) is 3.83. The Morgan fingerprint density at radius 1 is 1.14 bits per heavy atom. The summed E-state index contributed by atoms with van der Waals surface area (Å²) in [4.78, 5) is 6.75. The first kappa shape index (κ1) is 9.84. The summed E-state index contributed by atoms with van der Waals surface area (Å²) in [6.07, 6.45) is 1.62. The van der Waals surface area contributed by atoms with E-state index in [-0.39, 0.29) is 0 Å². The smallest absolute Gasteiger partial charge is 0.200 e. The fourth-order valence-corrected chi connectivity index (χ4v) is 1.80. The van der Waals surface area contributed by atoms with Crippen LogP contribution in [0.15, 0.2) is 24.4 Å². The van der Waals surface area contributed by atoms with Crippen LogP contribution in [0.3, 0.4) is 0 Å². The monoisotopic (exact) mass is 246 g/mol. The molecule has 0 spiro atoms. The van der Waals surface area contributed by atoms with E-state index in [4.69, 9.17) is 34.8 Å². The topological polar surface area (TPSA) is 28.7 Å². The zero-order valence-corrected chi connectivity index (χ0v) is 9.16. The Morgan fingerprint density at radius 2 is 1.93 bits per heavy atom. The number of H-pyrrole nitrogens is 1. The first-order valence-corrected chi connectivity index (χ1v) is 4.96. The van der Waals surface area contributed by atoms with Crippen molar-refractivity contribution in [1.82, 2.24) is 9.97 Å². The molecule has 1 N–H and O–H groups in total. The van der Waals surface area contributed by atoms with Gasteiger partial charge in [-0.25, -0.2) is 4.98 Å². The van der Waals surface area contributed by atoms with E-state index >= 15 is 0 Å². The van der Waals surface area contributed by atoms with Crippen molar-refractivity contribution in [2.75, 3.05) is 0 Å². The van der Waals surface area contributed by atoms with Crippen molar-refractivity contribution in [1.29, 1.82) is 0 Å². The molecular weight excluding hydrogens is 242 g/mol. The Morgan fingerprint density at radius 3 is 2.50 bits per heavy atom. The van der Waals surface area contributed by atoms with Crippen LogP contribution in [0.4, 0.5) is 0 Å². The van der Waals surface area contributed by atoms with E-state index in [1.165, 1.54) is 0 Å². The Kier molecular flexibility index (Phi) is 2.68. The number of halogens is 3. The molecule has 0 fully saturated rings. The van der Waals surface area contributed by atoms with Crippen molar-refractivity contribution in [3.8, 4) is 11.3 Å². The minimum Gasteiger partial charge on any atom is -0.329 e. The summed E-state index contributed by atoms with van der Waals surface area (Å²) in [5, 5.41) is 1.51. The Labute approximate surface area is 95.8 Å². The molecule has 14 heavy (non-hydrogen) atoms. The van der Waals surface area contributed by atoms with Crippen molar-refractivity contribution in [2.45, 2.75) is 0 Å². The van der Waals surface area contributed by atoms with Crippen LogP contribution >= 0.6 is 34.8 Å². The lowest BCUT2D eigenvalue weighted by Crippen LogP contribution is -1.79. The Balaban J connectivity index is 2.52. The van der Waals surface area contributed by atoms with Crippen LogP contribution in [0, 0.1) is 0 Å². The second-order valence-corrected chi connectivity index (χ2v) is 3.91. The number of aromatic nitrogens is 2. The van der Waals surface area contributed by atoms with Gasteiger partial charge in [0.25, 0.3) is 0 Å². The molecule has 0 bridgehead atoms. The third kappa shape index (κ3) is 1.87. The van der Waals surface area contributed by atoms with Gasteiger partial charge in [0.05, 0.1) is 16.9 Å². The van der Waals surface area contributed by atoms with Crippen LogP contribution in [-0.4, -0.2) is 9.97 Å². The van der Waals surface area contributed by atoms with E-state index in [1.54, 1.807) is 18.3 Å². The third-order valence-corrected chi connectivity index (χ3v) is 2.51. The van der Waals surface area contributed by atoms with E-state index < -0.39 is 0 Å². The Hall–Kier alpha value is -0.700. The van der Waals surface area contributed by atoms with Gasteiger partial charge in [-0.3, -0.25) is 0 Å². The maximum atomic E-state index is 6.00. The molecule has 0 aliphatic carbocycles. The number of imidazole rings is 1. The molecule has 2 aromatic rings. The van der Waals surface area contributed by atoms with E-state index in [1.807, 2.05) is 6.07 Å². The van der Waals surface area contributed by atoms with Gasteiger partial charge in [-0.1, -0.05) is 23.2 Å². The van der Waals surface area contributed by atoms with Gasteiger partial charge in [0, 0.05) is 10.6 Å². The number of hydrogen-bond donors (Lipinski definition) is 1. The second-order valence-electron chi connectivity index (χ2n) is 2.71. The molecule has 0 unspecified atom stereocenters. The van der Waals surface area contributed by atoms with E-state index in [9.17, 15) is 0 Å². The maximum absolute atomic E-state index is 6.00. The highest BCUT2D eigenvalue weighted by Crippen LogP contribution is 2.29. The van der Waals surface area contributed by atoms with Gasteiger partial charge in [0.15, 0.2) is 5.28 Å². The number of benzene rings is 1. The van der Waals surface area contributed by atoms with Crippen LogP contribution < -0.4 is 0 Å². The van der Waals surface area contributed by atoms with E-state index in [0.29, 0.717) is 15.3 Å². The van der Waals surface area contributed by atoms with Crippen molar-refractivity contribution in [3.05, 3.63) is 39.7 Å². The predicted molar refractivity (Wildman–Crippen MR) is 59.1 cm³/mol. The van der Waals surface area contributed by atoms with Gasteiger partial charge in [0.1, 0.15) is 0 Å². The standard InChI is InChI=1S/C9H5Cl3N2/c10-5-1-2-6(7(11)3-5)8-4-13-9(12)14-8/h1-4H,(H,13,14). The van der Waals surface area contributed by atoms with Gasteiger partial charge >= 0.3 is 0 Å². The largest absolute Gasteiger partial charge is 0.329 e. The quantitative estimate of drug-likeness (QED) is 0.809. The number of nitrogens with one attached hydrogen (secondary N) is 1. The zero-order valence-electron chi connectivity index (χ0n) is 6.89. The molecule has 0 aliphatic rings. The molecule has 0 aliphatic heterocycles. The number of nitrogens with zero attached hydrogens (tertiary/aromatic N) is 1. The summed E-state index contributed by atoms with van der Waals surface area (Å²) in [7, 11) is 0. The average Bonchev–Trinajstić information content (AvgIpc) is 2.51. The van der Waals surface area contributed by atoms with Gasteiger partial charge in [-0.2, -0.15) is 0 Å². The molecule has 2 nitrogen and oxygen atoms in total. The van der Waals surface area contributed by atoms with Gasteiger partial charge in [-0.05, 0) is 29.8 Å². The molecule has 0 atom stereocenters. The molecule has 5 heteroatoms. The van der Waals surface area contributed by atoms with Crippen LogP contribution in [0.25, 0.3) is 11.3 Å². The average molecular weight is 248 g/mol. The second kappa shape index (κ2) is 3.81. The van der Waals surface area contributed by atoms with Gasteiger partial charge in [0.2, 0.25) is 0 Å². The minimum absolute atomic E-state index is 0.339. The zero-order chi connectivity index (χ0) is 10.1. The van der Waals surface area contributed by atoms with Gasteiger partial charge in [-0.15, -0.1) is 0 Å². The fourth-order valence-electron chi connectivity index (χ4n) is 1.14. The SMILES string of the molecule is Clc1ccc(-c2cnc(Cl)[nH]2)c(Cl)c1. The molecule has 72 valence electrons. The summed E-state index contributed by atoms with van der Waals surface area (Å²) in [6.45, 7) is 0. The molecule has 1 aromatic heterocycles. The molecule has 0 saturated carbocycles. The third-order valence-electron chi connectivity index (χ3n) is 1.77. The summed E-state index contributed by atoms with van der Waals surface area (Å²) >= 11 is 17.4. The number of hydrogen-bond acceptors (Lipinski definition) is 1. The number of aromatic amines is 1. The van der Waals surface area contributed by atoms with Crippen LogP contribution in [-0.2, 0) is 0 Å². The van der Waals surface area contributed by atoms with Crippen molar-refractivity contribution in [3.63, 3.8) is 0 Å². The van der Waals surface area contributed by atoms with Crippen molar-refractivity contribution < 1.29 is 0 Å². The lowest BCUT2D eigenvalue weighted by Gasteiger charge is -2.00. The van der Waals surface area contributed by atoms with Gasteiger partial charge < -0.3 is 4.98 Å². The molecule has 0 amide bonds. The highest BCUT2D eigenvalue weighted by molar-refractivity contribution is 6.36. The molecule has 2 rings (SSSR count). The van der Waals surface area contributed by atoms with Crippen molar-refractivity contribution in [2.24, 2.45) is 0 Å². The highest BCUT2D eigenvalue weighted by atomic mass is 35.5. The lowest BCUT2D eigenvalue weighted by molar-refractivity contribution is 1.31. The maximum Gasteiger partial charge on any atom is 0.200 e. The summed E-state index contributed by atoms with van der Waals surface area (Å²) in [5.74, 6) is 0. The van der Waals surface area contributed by atoms with Crippen molar-refractivity contribution >= 4 is 34.8 Å². The molecule has 0 radical (unpaired) electrons. The van der Waals surface area contributed by atoms with E-state index in [2.05, 4.69) is 9.97 Å². The molecule has 0 saturated heterocycles. The fraction of sp³-hybridized carbons (Fsp3) is 0. The summed E-state index contributed by atoms with van der Waals surface area (Å²) in [5.41, 5.74) is 1.60. The Bertz CT molecular complexity index is 465. The minimum atomic E-state index is 0.339. The summed E-state index contributed by atoms with van der Waals surface area (Å²) in [6, 6.07) is 5.25. The van der Waals surface area contributed by atoms with Crippen LogP contribution in [0.5, 0.6) is 0 Å². The normalized spacial score (nSPS) is 10.5.